The van der Waals surface area contributed by atoms with Crippen LogP contribution in [0.3, 0.4) is 0 Å². The predicted octanol–water partition coefficient (Wildman–Crippen LogP) is 1.76. The summed E-state index contributed by atoms with van der Waals surface area (Å²) in [7, 11) is 0. The molecule has 0 saturated carbocycles. The number of aliphatic hydroxyl groups is 1. The average molecular weight is 233 g/mol. The van der Waals surface area contributed by atoms with Crippen molar-refractivity contribution in [3.8, 4) is 0 Å². The molecule has 2 rings (SSSR count). The van der Waals surface area contributed by atoms with E-state index in [0.717, 1.165) is 22.6 Å². The fourth-order valence-corrected chi connectivity index (χ4v) is 2.02. The zero-order chi connectivity index (χ0) is 12.6. The normalized spacial score (nSPS) is 13.5. The van der Waals surface area contributed by atoms with Gasteiger partial charge >= 0.3 is 0 Å². The maximum absolute atomic E-state index is 9.09. The number of imidazole rings is 1. The van der Waals surface area contributed by atoms with Crippen molar-refractivity contribution in [2.24, 2.45) is 5.73 Å². The number of aliphatic hydroxyl groups excluding tert-OH is 1. The van der Waals surface area contributed by atoms with Crippen LogP contribution in [-0.4, -0.2) is 21.1 Å². The third-order valence-electron chi connectivity index (χ3n) is 3.01. The quantitative estimate of drug-likeness (QED) is 0.849. The van der Waals surface area contributed by atoms with E-state index >= 15 is 0 Å². The highest BCUT2D eigenvalue weighted by Crippen LogP contribution is 2.21. The zero-order valence-corrected chi connectivity index (χ0v) is 10.5. The van der Waals surface area contributed by atoms with Crippen LogP contribution in [0.25, 0.3) is 5.52 Å². The molecule has 17 heavy (non-hydrogen) atoms. The second kappa shape index (κ2) is 4.47. The van der Waals surface area contributed by atoms with Gasteiger partial charge in [0.2, 0.25) is 0 Å². The molecule has 3 N–H and O–H groups in total. The first kappa shape index (κ1) is 12.1. The molecule has 1 unspecified atom stereocenters. The van der Waals surface area contributed by atoms with Gasteiger partial charge in [0.15, 0.2) is 0 Å². The SMILES string of the molecule is Cc1nc(C(C)C)n2cc(C(N)CO)ccc12. The minimum atomic E-state index is -0.331. The molecule has 1 atom stereocenters. The summed E-state index contributed by atoms with van der Waals surface area (Å²) in [6, 6.07) is 3.63. The van der Waals surface area contributed by atoms with Crippen LogP contribution in [0.4, 0.5) is 0 Å². The van der Waals surface area contributed by atoms with E-state index in [4.69, 9.17) is 10.8 Å². The fraction of sp³-hybridized carbons (Fsp3) is 0.462. The lowest BCUT2D eigenvalue weighted by Crippen LogP contribution is -2.15. The number of rotatable bonds is 3. The van der Waals surface area contributed by atoms with Crippen molar-refractivity contribution in [1.82, 2.24) is 9.38 Å². The summed E-state index contributed by atoms with van der Waals surface area (Å²) in [5.74, 6) is 1.39. The molecule has 4 heteroatoms. The monoisotopic (exact) mass is 233 g/mol. The Balaban J connectivity index is 2.62. The lowest BCUT2D eigenvalue weighted by Gasteiger charge is -2.11. The van der Waals surface area contributed by atoms with Crippen LogP contribution in [0.15, 0.2) is 18.3 Å². The molecule has 4 nitrogen and oxygen atoms in total. The molecule has 0 radical (unpaired) electrons. The molecule has 0 amide bonds. The van der Waals surface area contributed by atoms with Gasteiger partial charge in [-0.25, -0.2) is 4.98 Å². The summed E-state index contributed by atoms with van der Waals surface area (Å²) in [6.07, 6.45) is 1.98. The van der Waals surface area contributed by atoms with Gasteiger partial charge in [-0.15, -0.1) is 0 Å². The number of hydrogen-bond acceptors (Lipinski definition) is 3. The molecule has 0 fully saturated rings. The fourth-order valence-electron chi connectivity index (χ4n) is 2.02. The number of fused-ring (bicyclic) bond motifs is 1. The van der Waals surface area contributed by atoms with Crippen LogP contribution in [-0.2, 0) is 0 Å². The highest BCUT2D eigenvalue weighted by Gasteiger charge is 2.13. The Morgan fingerprint density at radius 1 is 1.41 bits per heavy atom. The van der Waals surface area contributed by atoms with Crippen LogP contribution in [0.2, 0.25) is 0 Å². The minimum absolute atomic E-state index is 0.0454. The van der Waals surface area contributed by atoms with Gasteiger partial charge in [0.05, 0.1) is 23.9 Å². The van der Waals surface area contributed by atoms with E-state index in [2.05, 4.69) is 23.2 Å². The second-order valence-electron chi connectivity index (χ2n) is 4.72. The molecule has 0 aromatic carbocycles. The number of nitrogens with zero attached hydrogens (tertiary/aromatic N) is 2. The van der Waals surface area contributed by atoms with Crippen LogP contribution in [0, 0.1) is 6.92 Å². The van der Waals surface area contributed by atoms with Crippen molar-refractivity contribution in [1.29, 1.82) is 0 Å². The van der Waals surface area contributed by atoms with E-state index in [1.165, 1.54) is 0 Å². The van der Waals surface area contributed by atoms with Gasteiger partial charge in [-0.1, -0.05) is 19.9 Å². The predicted molar refractivity (Wildman–Crippen MR) is 68.0 cm³/mol. The summed E-state index contributed by atoms with van der Waals surface area (Å²) in [5.41, 5.74) is 8.89. The van der Waals surface area contributed by atoms with E-state index < -0.39 is 0 Å². The third kappa shape index (κ3) is 2.06. The molecule has 0 aliphatic rings. The molecule has 0 aliphatic heterocycles. The standard InChI is InChI=1S/C13H19N3O/c1-8(2)13-15-9(3)12-5-4-10(6-16(12)13)11(14)7-17/h4-6,8,11,17H,7,14H2,1-3H3. The molecule has 2 heterocycles. The summed E-state index contributed by atoms with van der Waals surface area (Å²) in [5, 5.41) is 9.09. The van der Waals surface area contributed by atoms with E-state index in [1.54, 1.807) is 0 Å². The lowest BCUT2D eigenvalue weighted by atomic mass is 10.1. The Bertz CT molecular complexity index is 531. The maximum Gasteiger partial charge on any atom is 0.116 e. The topological polar surface area (TPSA) is 63.5 Å². The molecular weight excluding hydrogens is 214 g/mol. The smallest absolute Gasteiger partial charge is 0.116 e. The number of aryl methyl sites for hydroxylation is 1. The largest absolute Gasteiger partial charge is 0.394 e. The molecular formula is C13H19N3O. The van der Waals surface area contributed by atoms with Crippen LogP contribution in [0.5, 0.6) is 0 Å². The third-order valence-corrected chi connectivity index (χ3v) is 3.01. The number of hydrogen-bond donors (Lipinski definition) is 2. The Morgan fingerprint density at radius 2 is 2.12 bits per heavy atom. The summed E-state index contributed by atoms with van der Waals surface area (Å²) in [4.78, 5) is 4.58. The summed E-state index contributed by atoms with van der Waals surface area (Å²) < 4.78 is 2.07. The lowest BCUT2D eigenvalue weighted by molar-refractivity contribution is 0.267. The van der Waals surface area contributed by atoms with Crippen molar-refractivity contribution in [3.05, 3.63) is 35.4 Å². The van der Waals surface area contributed by atoms with E-state index in [9.17, 15) is 0 Å². The maximum atomic E-state index is 9.09. The van der Waals surface area contributed by atoms with Gasteiger partial charge in [-0.3, -0.25) is 0 Å². The van der Waals surface area contributed by atoms with Crippen molar-refractivity contribution in [2.75, 3.05) is 6.61 Å². The number of nitrogens with two attached hydrogens (primary N) is 1. The zero-order valence-electron chi connectivity index (χ0n) is 10.5. The number of pyridine rings is 1. The Kier molecular flexibility index (Phi) is 3.17. The summed E-state index contributed by atoms with van der Waals surface area (Å²) in [6.45, 7) is 6.20. The van der Waals surface area contributed by atoms with Crippen molar-refractivity contribution >= 4 is 5.52 Å². The van der Waals surface area contributed by atoms with Gasteiger partial charge in [0.1, 0.15) is 5.82 Å². The van der Waals surface area contributed by atoms with Gasteiger partial charge < -0.3 is 15.2 Å². The molecule has 2 aromatic rings. The Labute approximate surface area is 101 Å². The first-order valence-electron chi connectivity index (χ1n) is 5.89. The van der Waals surface area contributed by atoms with E-state index in [0.29, 0.717) is 5.92 Å². The van der Waals surface area contributed by atoms with Crippen LogP contribution in [0.1, 0.15) is 42.9 Å². The molecule has 0 saturated heterocycles. The number of aromatic nitrogens is 2. The van der Waals surface area contributed by atoms with Crippen LogP contribution < -0.4 is 5.73 Å². The van der Waals surface area contributed by atoms with Gasteiger partial charge in [-0.2, -0.15) is 0 Å². The van der Waals surface area contributed by atoms with Crippen LogP contribution >= 0.6 is 0 Å². The van der Waals surface area contributed by atoms with E-state index in [-0.39, 0.29) is 12.6 Å². The molecule has 0 bridgehead atoms. The first-order chi connectivity index (χ1) is 8.04. The van der Waals surface area contributed by atoms with Crippen molar-refractivity contribution < 1.29 is 5.11 Å². The minimum Gasteiger partial charge on any atom is -0.394 e. The van der Waals surface area contributed by atoms with E-state index in [1.807, 2.05) is 25.3 Å². The Morgan fingerprint density at radius 3 is 2.71 bits per heavy atom. The van der Waals surface area contributed by atoms with Gasteiger partial charge in [-0.05, 0) is 18.6 Å². The summed E-state index contributed by atoms with van der Waals surface area (Å²) >= 11 is 0. The van der Waals surface area contributed by atoms with Gasteiger partial charge in [0.25, 0.3) is 0 Å². The van der Waals surface area contributed by atoms with Crippen molar-refractivity contribution in [3.63, 3.8) is 0 Å². The highest BCUT2D eigenvalue weighted by molar-refractivity contribution is 5.54. The second-order valence-corrected chi connectivity index (χ2v) is 4.72. The highest BCUT2D eigenvalue weighted by atomic mass is 16.3. The molecule has 92 valence electrons. The average Bonchev–Trinajstić information content (AvgIpc) is 2.65. The molecule has 0 aliphatic carbocycles. The Hall–Kier alpha value is -1.39. The molecule has 0 spiro atoms. The van der Waals surface area contributed by atoms with Crippen molar-refractivity contribution in [2.45, 2.75) is 32.7 Å². The first-order valence-corrected chi connectivity index (χ1v) is 5.89. The molecule has 2 aromatic heterocycles. The van der Waals surface area contributed by atoms with Gasteiger partial charge in [0, 0.05) is 12.1 Å².